The fraction of sp³-hybridized carbons (Fsp3) is 0.235. The lowest BCUT2D eigenvalue weighted by Gasteiger charge is -2.14. The summed E-state index contributed by atoms with van der Waals surface area (Å²) in [7, 11) is 0. The maximum Gasteiger partial charge on any atom is 0.229 e. The van der Waals surface area contributed by atoms with Crippen LogP contribution in [0.25, 0.3) is 11.3 Å². The first-order valence-corrected chi connectivity index (χ1v) is 7.80. The van der Waals surface area contributed by atoms with Crippen molar-refractivity contribution in [3.05, 3.63) is 47.4 Å². The molecule has 0 spiro atoms. The number of halogens is 2. The van der Waals surface area contributed by atoms with Crippen LogP contribution in [0.2, 0.25) is 5.02 Å². The third kappa shape index (κ3) is 3.54. The van der Waals surface area contributed by atoms with E-state index in [1.807, 2.05) is 0 Å². The van der Waals surface area contributed by atoms with E-state index < -0.39 is 5.82 Å². The summed E-state index contributed by atoms with van der Waals surface area (Å²) in [5, 5.41) is 0.0366. The molecule has 2 amide bonds. The molecule has 1 saturated heterocycles. The van der Waals surface area contributed by atoms with Crippen LogP contribution in [0.3, 0.4) is 0 Å². The van der Waals surface area contributed by atoms with Crippen LogP contribution in [0.4, 0.5) is 4.39 Å². The van der Waals surface area contributed by atoms with Gasteiger partial charge in [-0.1, -0.05) is 11.6 Å². The van der Waals surface area contributed by atoms with E-state index in [9.17, 15) is 14.0 Å². The summed E-state index contributed by atoms with van der Waals surface area (Å²) >= 11 is 5.76. The van der Waals surface area contributed by atoms with Crippen molar-refractivity contribution in [1.82, 2.24) is 9.88 Å². The number of likely N-dealkylation sites (tertiary alicyclic amines) is 1. The number of carbonyl (C=O) groups is 2. The summed E-state index contributed by atoms with van der Waals surface area (Å²) < 4.78 is 18.7. The first kappa shape index (κ1) is 16.4. The number of hydrogen-bond donors (Lipinski definition) is 0. The number of hydrogen-bond acceptors (Lipinski definition) is 4. The largest absolute Gasteiger partial charge is 0.490 e. The van der Waals surface area contributed by atoms with Crippen LogP contribution in [0.1, 0.15) is 12.8 Å². The van der Waals surface area contributed by atoms with E-state index in [0.29, 0.717) is 17.0 Å². The van der Waals surface area contributed by atoms with Gasteiger partial charge < -0.3 is 4.74 Å². The van der Waals surface area contributed by atoms with Gasteiger partial charge in [0.15, 0.2) is 0 Å². The molecule has 0 atom stereocenters. The summed E-state index contributed by atoms with van der Waals surface area (Å²) in [6, 6.07) is 7.82. The van der Waals surface area contributed by atoms with Crippen LogP contribution in [-0.2, 0) is 9.59 Å². The van der Waals surface area contributed by atoms with Crippen molar-refractivity contribution in [3.63, 3.8) is 0 Å². The molecule has 24 heavy (non-hydrogen) atoms. The molecule has 2 aromatic rings. The third-order valence-electron chi connectivity index (χ3n) is 3.69. The van der Waals surface area contributed by atoms with E-state index in [4.69, 9.17) is 16.3 Å². The number of ether oxygens (including phenoxy) is 1. The Morgan fingerprint density at radius 1 is 1.17 bits per heavy atom. The normalized spacial score (nSPS) is 14.3. The Morgan fingerprint density at radius 3 is 2.54 bits per heavy atom. The maximum atomic E-state index is 13.2. The molecule has 2 heterocycles. The van der Waals surface area contributed by atoms with Gasteiger partial charge in [-0.2, -0.15) is 0 Å². The number of nitrogens with zero attached hydrogens (tertiary/aromatic N) is 2. The standard InChI is InChI=1S/C17H14ClFN2O3/c18-13-9-11(1-3-14(13)19)15-4-2-12(10-20-15)24-8-7-21-16(22)5-6-17(21)23/h1-4,9-10H,5-8H2. The molecular weight excluding hydrogens is 335 g/mol. The molecule has 3 rings (SSSR count). The zero-order valence-electron chi connectivity index (χ0n) is 12.7. The zero-order valence-corrected chi connectivity index (χ0v) is 13.4. The highest BCUT2D eigenvalue weighted by Gasteiger charge is 2.28. The molecule has 5 nitrogen and oxygen atoms in total. The number of rotatable bonds is 5. The van der Waals surface area contributed by atoms with E-state index in [0.717, 1.165) is 0 Å². The minimum atomic E-state index is -0.480. The number of carbonyl (C=O) groups excluding carboxylic acids is 2. The number of pyridine rings is 1. The number of amides is 2. The molecule has 0 saturated carbocycles. The van der Waals surface area contributed by atoms with Crippen LogP contribution in [0, 0.1) is 5.82 Å². The van der Waals surface area contributed by atoms with Gasteiger partial charge in [0.2, 0.25) is 11.8 Å². The van der Waals surface area contributed by atoms with Crippen LogP contribution < -0.4 is 4.74 Å². The average molecular weight is 349 g/mol. The molecule has 0 unspecified atom stereocenters. The van der Waals surface area contributed by atoms with Gasteiger partial charge in [-0.15, -0.1) is 0 Å². The Balaban J connectivity index is 1.59. The number of imide groups is 1. The van der Waals surface area contributed by atoms with Gasteiger partial charge >= 0.3 is 0 Å². The molecule has 1 aromatic carbocycles. The Hall–Kier alpha value is -2.47. The van der Waals surface area contributed by atoms with Crippen molar-refractivity contribution in [1.29, 1.82) is 0 Å². The maximum absolute atomic E-state index is 13.2. The summed E-state index contributed by atoms with van der Waals surface area (Å²) in [5.41, 5.74) is 1.33. The molecule has 124 valence electrons. The second kappa shape index (κ2) is 6.97. The minimum absolute atomic E-state index is 0.0366. The van der Waals surface area contributed by atoms with E-state index in [1.54, 1.807) is 18.2 Å². The molecular formula is C17H14ClFN2O3. The summed E-state index contributed by atoms with van der Waals surface area (Å²) in [4.78, 5) is 28.4. The number of aromatic nitrogens is 1. The van der Waals surface area contributed by atoms with E-state index >= 15 is 0 Å². The molecule has 1 fully saturated rings. The van der Waals surface area contributed by atoms with Crippen molar-refractivity contribution >= 4 is 23.4 Å². The molecule has 7 heteroatoms. The Labute approximate surface area is 143 Å². The lowest BCUT2D eigenvalue weighted by atomic mass is 10.1. The smallest absolute Gasteiger partial charge is 0.229 e. The first-order valence-electron chi connectivity index (χ1n) is 7.42. The van der Waals surface area contributed by atoms with Gasteiger partial charge in [-0.05, 0) is 30.3 Å². The summed E-state index contributed by atoms with van der Waals surface area (Å²) in [5.74, 6) is -0.284. The lowest BCUT2D eigenvalue weighted by molar-refractivity contribution is -0.138. The van der Waals surface area contributed by atoms with Gasteiger partial charge in [-0.3, -0.25) is 19.5 Å². The van der Waals surface area contributed by atoms with Crippen LogP contribution in [-0.4, -0.2) is 34.8 Å². The summed E-state index contributed by atoms with van der Waals surface area (Å²) in [6.07, 6.45) is 2.07. The quantitative estimate of drug-likeness (QED) is 0.779. The van der Waals surface area contributed by atoms with Crippen molar-refractivity contribution in [2.75, 3.05) is 13.2 Å². The SMILES string of the molecule is O=C1CCC(=O)N1CCOc1ccc(-c2ccc(F)c(Cl)c2)nc1. The second-order valence-electron chi connectivity index (χ2n) is 5.30. The van der Waals surface area contributed by atoms with Crippen molar-refractivity contribution in [2.45, 2.75) is 12.8 Å². The Morgan fingerprint density at radius 2 is 1.92 bits per heavy atom. The summed E-state index contributed by atoms with van der Waals surface area (Å²) in [6.45, 7) is 0.438. The molecule has 1 aliphatic rings. The Kier molecular flexibility index (Phi) is 4.76. The molecule has 1 aromatic heterocycles. The minimum Gasteiger partial charge on any atom is -0.490 e. The topological polar surface area (TPSA) is 59.5 Å². The third-order valence-corrected chi connectivity index (χ3v) is 3.98. The van der Waals surface area contributed by atoms with E-state index in [-0.39, 0.29) is 42.8 Å². The van der Waals surface area contributed by atoms with Gasteiger partial charge in [-0.25, -0.2) is 4.39 Å². The van der Waals surface area contributed by atoms with Crippen molar-refractivity contribution in [2.24, 2.45) is 0 Å². The first-order chi connectivity index (χ1) is 11.5. The van der Waals surface area contributed by atoms with Crippen molar-refractivity contribution in [3.8, 4) is 17.0 Å². The average Bonchev–Trinajstić information content (AvgIpc) is 2.90. The highest BCUT2D eigenvalue weighted by Crippen LogP contribution is 2.24. The number of benzene rings is 1. The monoisotopic (exact) mass is 348 g/mol. The van der Waals surface area contributed by atoms with Crippen molar-refractivity contribution < 1.29 is 18.7 Å². The van der Waals surface area contributed by atoms with Crippen LogP contribution in [0.15, 0.2) is 36.5 Å². The molecule has 0 N–H and O–H groups in total. The van der Waals surface area contributed by atoms with Gasteiger partial charge in [0, 0.05) is 18.4 Å². The van der Waals surface area contributed by atoms with Crippen LogP contribution in [0.5, 0.6) is 5.75 Å². The molecule has 0 aliphatic carbocycles. The lowest BCUT2D eigenvalue weighted by Crippen LogP contribution is -2.33. The Bertz CT molecular complexity index is 764. The molecule has 1 aliphatic heterocycles. The highest BCUT2D eigenvalue weighted by molar-refractivity contribution is 6.31. The van der Waals surface area contributed by atoms with E-state index in [1.165, 1.54) is 23.2 Å². The zero-order chi connectivity index (χ0) is 17.1. The molecule has 0 radical (unpaired) electrons. The fourth-order valence-electron chi connectivity index (χ4n) is 2.42. The van der Waals surface area contributed by atoms with Gasteiger partial charge in [0.1, 0.15) is 18.2 Å². The van der Waals surface area contributed by atoms with Gasteiger partial charge in [0.05, 0.1) is 23.5 Å². The fourth-order valence-corrected chi connectivity index (χ4v) is 2.60. The van der Waals surface area contributed by atoms with E-state index in [2.05, 4.69) is 4.98 Å². The predicted octanol–water partition coefficient (Wildman–Crippen LogP) is 3.07. The predicted molar refractivity (Wildman–Crippen MR) is 86.1 cm³/mol. The van der Waals surface area contributed by atoms with Crippen LogP contribution >= 0.6 is 11.6 Å². The van der Waals surface area contributed by atoms with Gasteiger partial charge in [0.25, 0.3) is 0 Å². The molecule has 0 bridgehead atoms. The second-order valence-corrected chi connectivity index (χ2v) is 5.70. The highest BCUT2D eigenvalue weighted by atomic mass is 35.5.